The van der Waals surface area contributed by atoms with Crippen LogP contribution in [0.4, 0.5) is 0 Å². The molecule has 0 saturated carbocycles. The predicted molar refractivity (Wildman–Crippen MR) is 71.8 cm³/mol. The fourth-order valence-corrected chi connectivity index (χ4v) is 1.88. The summed E-state index contributed by atoms with van der Waals surface area (Å²) >= 11 is 5.82. The lowest BCUT2D eigenvalue weighted by atomic mass is 10.2. The Morgan fingerprint density at radius 2 is 2.28 bits per heavy atom. The maximum absolute atomic E-state index is 5.82. The number of aryl methyl sites for hydroxylation is 1. The highest BCUT2D eigenvalue weighted by Crippen LogP contribution is 2.16. The maximum Gasteiger partial charge on any atom is 0.126 e. The van der Waals surface area contributed by atoms with E-state index in [-0.39, 0.29) is 0 Å². The fourth-order valence-electron chi connectivity index (χ4n) is 1.72. The molecule has 2 rings (SSSR count). The van der Waals surface area contributed by atoms with E-state index >= 15 is 0 Å². The van der Waals surface area contributed by atoms with Crippen LogP contribution in [0.3, 0.4) is 0 Å². The van der Waals surface area contributed by atoms with Gasteiger partial charge in [0.25, 0.3) is 0 Å². The number of hydrogen-bond acceptors (Lipinski definition) is 3. The van der Waals surface area contributed by atoms with Crippen molar-refractivity contribution in [3.63, 3.8) is 0 Å². The van der Waals surface area contributed by atoms with E-state index in [1.165, 1.54) is 0 Å². The van der Waals surface area contributed by atoms with E-state index < -0.39 is 0 Å². The first-order valence-corrected chi connectivity index (χ1v) is 6.42. The minimum absolute atomic E-state index is 0.447. The van der Waals surface area contributed by atoms with Crippen LogP contribution in [-0.4, -0.2) is 15.8 Å². The molecule has 0 aliphatic rings. The van der Waals surface area contributed by atoms with E-state index in [0.29, 0.717) is 17.6 Å². The number of halogens is 1. The standard InChI is InChI=1S/C13H18ClN3O/c1-9(2)15-6-13-10(3)4-12(18-13)8-17-7-11(14)5-16-17/h4-5,7,9,15H,6,8H2,1-3H3. The zero-order chi connectivity index (χ0) is 13.1. The molecule has 98 valence electrons. The van der Waals surface area contributed by atoms with Gasteiger partial charge in [0.2, 0.25) is 0 Å². The molecule has 0 fully saturated rings. The Morgan fingerprint density at radius 3 is 2.89 bits per heavy atom. The highest BCUT2D eigenvalue weighted by Gasteiger charge is 2.09. The lowest BCUT2D eigenvalue weighted by Crippen LogP contribution is -2.21. The largest absolute Gasteiger partial charge is 0.462 e. The number of rotatable bonds is 5. The molecule has 0 aliphatic carbocycles. The number of furan rings is 1. The molecule has 0 aromatic carbocycles. The molecule has 0 saturated heterocycles. The van der Waals surface area contributed by atoms with Crippen LogP contribution >= 0.6 is 11.6 Å². The summed E-state index contributed by atoms with van der Waals surface area (Å²) in [6.07, 6.45) is 3.41. The van der Waals surface area contributed by atoms with E-state index in [9.17, 15) is 0 Å². The van der Waals surface area contributed by atoms with Crippen molar-refractivity contribution in [2.75, 3.05) is 0 Å². The molecule has 5 heteroatoms. The highest BCUT2D eigenvalue weighted by atomic mass is 35.5. The minimum atomic E-state index is 0.447. The van der Waals surface area contributed by atoms with Gasteiger partial charge in [-0.05, 0) is 18.6 Å². The summed E-state index contributed by atoms with van der Waals surface area (Å²) < 4.78 is 7.58. The second-order valence-corrected chi connectivity index (χ2v) is 5.15. The second kappa shape index (κ2) is 5.59. The molecular weight excluding hydrogens is 250 g/mol. The van der Waals surface area contributed by atoms with Crippen LogP contribution in [-0.2, 0) is 13.1 Å². The van der Waals surface area contributed by atoms with Gasteiger partial charge in [0.15, 0.2) is 0 Å². The van der Waals surface area contributed by atoms with Crippen molar-refractivity contribution in [1.29, 1.82) is 0 Å². The Morgan fingerprint density at radius 1 is 1.50 bits per heavy atom. The van der Waals surface area contributed by atoms with Crippen molar-refractivity contribution in [2.24, 2.45) is 0 Å². The van der Waals surface area contributed by atoms with Crippen LogP contribution in [0.2, 0.25) is 5.02 Å². The molecule has 4 nitrogen and oxygen atoms in total. The Hall–Kier alpha value is -1.26. The number of nitrogens with zero attached hydrogens (tertiary/aromatic N) is 2. The predicted octanol–water partition coefficient (Wildman–Crippen LogP) is 2.98. The summed E-state index contributed by atoms with van der Waals surface area (Å²) in [5.41, 5.74) is 1.16. The molecule has 0 unspecified atom stereocenters. The van der Waals surface area contributed by atoms with Gasteiger partial charge in [0.1, 0.15) is 11.5 Å². The van der Waals surface area contributed by atoms with Crippen molar-refractivity contribution in [3.8, 4) is 0 Å². The van der Waals surface area contributed by atoms with Crippen molar-refractivity contribution < 1.29 is 4.42 Å². The van der Waals surface area contributed by atoms with Gasteiger partial charge in [-0.15, -0.1) is 0 Å². The zero-order valence-electron chi connectivity index (χ0n) is 10.9. The molecule has 2 aromatic rings. The molecule has 2 aromatic heterocycles. The zero-order valence-corrected chi connectivity index (χ0v) is 11.7. The number of nitrogens with one attached hydrogen (secondary N) is 1. The van der Waals surface area contributed by atoms with E-state index in [2.05, 4.69) is 31.2 Å². The highest BCUT2D eigenvalue weighted by molar-refractivity contribution is 6.30. The first-order chi connectivity index (χ1) is 8.54. The fraction of sp³-hybridized carbons (Fsp3) is 0.462. The summed E-state index contributed by atoms with van der Waals surface area (Å²) in [4.78, 5) is 0. The lowest BCUT2D eigenvalue weighted by Gasteiger charge is -2.06. The van der Waals surface area contributed by atoms with Gasteiger partial charge in [-0.2, -0.15) is 5.10 Å². The smallest absolute Gasteiger partial charge is 0.126 e. The van der Waals surface area contributed by atoms with Crippen molar-refractivity contribution in [2.45, 2.75) is 39.9 Å². The van der Waals surface area contributed by atoms with Crippen molar-refractivity contribution in [3.05, 3.63) is 40.6 Å². The molecular formula is C13H18ClN3O. The summed E-state index contributed by atoms with van der Waals surface area (Å²) in [7, 11) is 0. The average molecular weight is 268 g/mol. The summed E-state index contributed by atoms with van der Waals surface area (Å²) in [5, 5.41) is 8.12. The topological polar surface area (TPSA) is 43.0 Å². The van der Waals surface area contributed by atoms with Gasteiger partial charge >= 0.3 is 0 Å². The summed E-state index contributed by atoms with van der Waals surface area (Å²) in [6, 6.07) is 2.50. The first kappa shape index (κ1) is 13.2. The van der Waals surface area contributed by atoms with Crippen LogP contribution in [0, 0.1) is 6.92 Å². The van der Waals surface area contributed by atoms with Crippen molar-refractivity contribution >= 4 is 11.6 Å². The molecule has 18 heavy (non-hydrogen) atoms. The Labute approximate surface area is 112 Å². The molecule has 0 radical (unpaired) electrons. The monoisotopic (exact) mass is 267 g/mol. The molecule has 1 N–H and O–H groups in total. The second-order valence-electron chi connectivity index (χ2n) is 4.71. The summed E-state index contributed by atoms with van der Waals surface area (Å²) in [6.45, 7) is 7.65. The quantitative estimate of drug-likeness (QED) is 0.906. The Balaban J connectivity index is 2.04. The third-order valence-electron chi connectivity index (χ3n) is 2.66. The van der Waals surface area contributed by atoms with E-state index in [1.54, 1.807) is 17.1 Å². The molecule has 0 bridgehead atoms. The molecule has 0 amide bonds. The SMILES string of the molecule is Cc1cc(Cn2cc(Cl)cn2)oc1CNC(C)C. The lowest BCUT2D eigenvalue weighted by molar-refractivity contribution is 0.420. The van der Waals surface area contributed by atoms with E-state index in [4.69, 9.17) is 16.0 Å². The van der Waals surface area contributed by atoms with Crippen LogP contribution in [0.1, 0.15) is 30.9 Å². The van der Waals surface area contributed by atoms with Crippen molar-refractivity contribution in [1.82, 2.24) is 15.1 Å². The van der Waals surface area contributed by atoms with Gasteiger partial charge < -0.3 is 9.73 Å². The number of aromatic nitrogens is 2. The third-order valence-corrected chi connectivity index (χ3v) is 2.86. The van der Waals surface area contributed by atoms with Gasteiger partial charge in [0, 0.05) is 12.2 Å². The normalized spacial score (nSPS) is 11.4. The summed E-state index contributed by atoms with van der Waals surface area (Å²) in [5.74, 6) is 1.88. The third kappa shape index (κ3) is 3.37. The van der Waals surface area contributed by atoms with E-state index in [1.807, 2.05) is 6.07 Å². The number of hydrogen-bond donors (Lipinski definition) is 1. The van der Waals surface area contributed by atoms with Gasteiger partial charge in [-0.25, -0.2) is 0 Å². The maximum atomic E-state index is 5.82. The molecule has 0 spiro atoms. The van der Waals surface area contributed by atoms with Crippen LogP contribution in [0.15, 0.2) is 22.9 Å². The Kier molecular flexibility index (Phi) is 4.09. The van der Waals surface area contributed by atoms with E-state index in [0.717, 1.165) is 23.6 Å². The minimum Gasteiger partial charge on any atom is -0.462 e. The van der Waals surface area contributed by atoms with Crippen LogP contribution < -0.4 is 5.32 Å². The van der Waals surface area contributed by atoms with Gasteiger partial charge in [-0.3, -0.25) is 4.68 Å². The van der Waals surface area contributed by atoms with Crippen LogP contribution in [0.5, 0.6) is 0 Å². The molecule has 0 aliphatic heterocycles. The molecule has 2 heterocycles. The van der Waals surface area contributed by atoms with Gasteiger partial charge in [0.05, 0.1) is 24.3 Å². The van der Waals surface area contributed by atoms with Gasteiger partial charge in [-0.1, -0.05) is 25.4 Å². The molecule has 0 atom stereocenters. The van der Waals surface area contributed by atoms with Crippen LogP contribution in [0.25, 0.3) is 0 Å². The first-order valence-electron chi connectivity index (χ1n) is 6.04. The average Bonchev–Trinajstić information content (AvgIpc) is 2.83. The Bertz CT molecular complexity index is 516.